The van der Waals surface area contributed by atoms with E-state index >= 15 is 0 Å². The number of aromatic nitrogens is 2. The molecular weight excluding hydrogens is 288 g/mol. The van der Waals surface area contributed by atoms with Gasteiger partial charge in [-0.1, -0.05) is 6.07 Å². The first-order chi connectivity index (χ1) is 11.1. The maximum Gasteiger partial charge on any atom is 0.228 e. The van der Waals surface area contributed by atoms with E-state index in [0.717, 1.165) is 43.0 Å². The van der Waals surface area contributed by atoms with Crippen LogP contribution in [0, 0.1) is 6.92 Å². The standard InChI is InChI=1S/C18H26N4O/c1-14-16(22-11-5-4-8-17(22)19-14)13-18(23)21-10-6-7-15(9-12-21)20(2)3/h4-5,8,11,15H,6-7,9-10,12-13H2,1-3H3. The molecule has 0 aromatic carbocycles. The van der Waals surface area contributed by atoms with E-state index in [1.54, 1.807) is 0 Å². The molecular formula is C18H26N4O. The Morgan fingerprint density at radius 2 is 2.13 bits per heavy atom. The van der Waals surface area contributed by atoms with Gasteiger partial charge in [0.05, 0.1) is 17.8 Å². The molecule has 0 N–H and O–H groups in total. The Balaban J connectivity index is 1.72. The Hall–Kier alpha value is -1.88. The van der Waals surface area contributed by atoms with Crippen molar-refractivity contribution >= 4 is 11.6 Å². The maximum atomic E-state index is 12.8. The van der Waals surface area contributed by atoms with E-state index in [1.165, 1.54) is 6.42 Å². The van der Waals surface area contributed by atoms with Gasteiger partial charge in [-0.15, -0.1) is 0 Å². The number of likely N-dealkylation sites (tertiary alicyclic amines) is 1. The Kier molecular flexibility index (Phi) is 4.66. The first kappa shape index (κ1) is 16.0. The van der Waals surface area contributed by atoms with Crippen LogP contribution in [0.25, 0.3) is 5.65 Å². The van der Waals surface area contributed by atoms with Gasteiger partial charge in [-0.25, -0.2) is 4.98 Å². The molecule has 1 saturated heterocycles. The quantitative estimate of drug-likeness (QED) is 0.871. The van der Waals surface area contributed by atoms with Gasteiger partial charge < -0.3 is 14.2 Å². The fraction of sp³-hybridized carbons (Fsp3) is 0.556. The average molecular weight is 314 g/mol. The number of fused-ring (bicyclic) bond motifs is 1. The summed E-state index contributed by atoms with van der Waals surface area (Å²) < 4.78 is 2.04. The fourth-order valence-corrected chi connectivity index (χ4v) is 3.48. The first-order valence-corrected chi connectivity index (χ1v) is 8.43. The zero-order valence-electron chi connectivity index (χ0n) is 14.3. The summed E-state index contributed by atoms with van der Waals surface area (Å²) in [5.74, 6) is 0.221. The van der Waals surface area contributed by atoms with Crippen molar-refractivity contribution in [3.63, 3.8) is 0 Å². The van der Waals surface area contributed by atoms with Crippen molar-refractivity contribution in [2.75, 3.05) is 27.2 Å². The SMILES string of the molecule is Cc1nc2ccccn2c1CC(=O)N1CCCC(N(C)C)CC1. The lowest BCUT2D eigenvalue weighted by Gasteiger charge is -2.23. The molecule has 0 bridgehead atoms. The molecule has 0 spiro atoms. The van der Waals surface area contributed by atoms with E-state index in [0.29, 0.717) is 12.5 Å². The molecule has 0 saturated carbocycles. The summed E-state index contributed by atoms with van der Waals surface area (Å²) in [6, 6.07) is 6.53. The van der Waals surface area contributed by atoms with Crippen LogP contribution >= 0.6 is 0 Å². The first-order valence-electron chi connectivity index (χ1n) is 8.43. The topological polar surface area (TPSA) is 40.9 Å². The van der Waals surface area contributed by atoms with Gasteiger partial charge in [0.1, 0.15) is 5.65 Å². The van der Waals surface area contributed by atoms with Gasteiger partial charge in [0, 0.05) is 25.3 Å². The number of hydrogen-bond donors (Lipinski definition) is 0. The van der Waals surface area contributed by atoms with Crippen LogP contribution in [0.1, 0.15) is 30.7 Å². The maximum absolute atomic E-state index is 12.8. The van der Waals surface area contributed by atoms with Crippen LogP contribution in [0.4, 0.5) is 0 Å². The minimum atomic E-state index is 0.221. The highest BCUT2D eigenvalue weighted by atomic mass is 16.2. The van der Waals surface area contributed by atoms with Crippen molar-refractivity contribution in [1.82, 2.24) is 19.2 Å². The van der Waals surface area contributed by atoms with Crippen LogP contribution in [0.5, 0.6) is 0 Å². The summed E-state index contributed by atoms with van der Waals surface area (Å²) in [6.45, 7) is 3.72. The van der Waals surface area contributed by atoms with Crippen LogP contribution in [0.2, 0.25) is 0 Å². The Morgan fingerprint density at radius 3 is 2.91 bits per heavy atom. The second-order valence-electron chi connectivity index (χ2n) is 6.68. The van der Waals surface area contributed by atoms with Crippen LogP contribution in [0.15, 0.2) is 24.4 Å². The summed E-state index contributed by atoms with van der Waals surface area (Å²) in [5.41, 5.74) is 2.88. The van der Waals surface area contributed by atoms with Crippen molar-refractivity contribution in [1.29, 1.82) is 0 Å². The monoisotopic (exact) mass is 314 g/mol. The molecule has 0 aliphatic carbocycles. The lowest BCUT2D eigenvalue weighted by molar-refractivity contribution is -0.130. The zero-order chi connectivity index (χ0) is 16.4. The highest BCUT2D eigenvalue weighted by Gasteiger charge is 2.23. The summed E-state index contributed by atoms with van der Waals surface area (Å²) in [6.07, 6.45) is 5.74. The molecule has 3 rings (SSSR count). The van der Waals surface area contributed by atoms with Crippen LogP contribution in [-0.2, 0) is 11.2 Å². The number of carbonyl (C=O) groups is 1. The highest BCUT2D eigenvalue weighted by Crippen LogP contribution is 2.17. The van der Waals surface area contributed by atoms with E-state index in [1.807, 2.05) is 40.6 Å². The molecule has 3 heterocycles. The van der Waals surface area contributed by atoms with Gasteiger partial charge >= 0.3 is 0 Å². The number of hydrogen-bond acceptors (Lipinski definition) is 3. The van der Waals surface area contributed by atoms with Gasteiger partial charge in [0.25, 0.3) is 0 Å². The fourth-order valence-electron chi connectivity index (χ4n) is 3.48. The van der Waals surface area contributed by atoms with Crippen LogP contribution < -0.4 is 0 Å². The van der Waals surface area contributed by atoms with Crippen molar-refractivity contribution in [2.45, 2.75) is 38.6 Å². The normalized spacial score (nSPS) is 19.3. The van der Waals surface area contributed by atoms with Crippen molar-refractivity contribution in [3.8, 4) is 0 Å². The molecule has 2 aromatic heterocycles. The lowest BCUT2D eigenvalue weighted by Crippen LogP contribution is -2.35. The Bertz CT molecular complexity index is 691. The molecule has 1 unspecified atom stereocenters. The number of pyridine rings is 1. The molecule has 23 heavy (non-hydrogen) atoms. The van der Waals surface area contributed by atoms with Gasteiger partial charge in [-0.3, -0.25) is 4.79 Å². The largest absolute Gasteiger partial charge is 0.342 e. The predicted molar refractivity (Wildman–Crippen MR) is 91.5 cm³/mol. The minimum Gasteiger partial charge on any atom is -0.342 e. The number of amides is 1. The third-order valence-electron chi connectivity index (χ3n) is 4.93. The van der Waals surface area contributed by atoms with Gasteiger partial charge in [0.2, 0.25) is 5.91 Å². The molecule has 0 radical (unpaired) electrons. The molecule has 124 valence electrons. The minimum absolute atomic E-state index is 0.221. The summed E-state index contributed by atoms with van der Waals surface area (Å²) >= 11 is 0. The van der Waals surface area contributed by atoms with Gasteiger partial charge in [-0.05, 0) is 52.4 Å². The summed E-state index contributed by atoms with van der Waals surface area (Å²) in [7, 11) is 4.26. The van der Waals surface area contributed by atoms with Crippen LogP contribution in [-0.4, -0.2) is 58.3 Å². The van der Waals surface area contributed by atoms with Gasteiger partial charge in [0.15, 0.2) is 0 Å². The molecule has 1 atom stereocenters. The highest BCUT2D eigenvalue weighted by molar-refractivity contribution is 5.79. The number of carbonyl (C=O) groups excluding carboxylic acids is 1. The zero-order valence-corrected chi connectivity index (χ0v) is 14.3. The van der Waals surface area contributed by atoms with Crippen molar-refractivity contribution in [3.05, 3.63) is 35.8 Å². The average Bonchev–Trinajstić information content (AvgIpc) is 2.72. The molecule has 2 aromatic rings. The molecule has 1 amide bonds. The molecule has 5 nitrogen and oxygen atoms in total. The van der Waals surface area contributed by atoms with E-state index in [4.69, 9.17) is 0 Å². The summed E-state index contributed by atoms with van der Waals surface area (Å²) in [4.78, 5) is 21.6. The smallest absolute Gasteiger partial charge is 0.228 e. The molecule has 5 heteroatoms. The predicted octanol–water partition coefficient (Wildman–Crippen LogP) is 2.13. The third-order valence-corrected chi connectivity index (χ3v) is 4.93. The number of imidazole rings is 1. The van der Waals surface area contributed by atoms with Gasteiger partial charge in [-0.2, -0.15) is 0 Å². The Labute approximate surface area is 137 Å². The Morgan fingerprint density at radius 1 is 1.30 bits per heavy atom. The number of aryl methyl sites for hydroxylation is 1. The second kappa shape index (κ2) is 6.71. The van der Waals surface area contributed by atoms with E-state index in [-0.39, 0.29) is 5.91 Å². The third kappa shape index (κ3) is 3.39. The van der Waals surface area contributed by atoms with E-state index in [2.05, 4.69) is 24.0 Å². The van der Waals surface area contributed by atoms with Crippen molar-refractivity contribution in [2.24, 2.45) is 0 Å². The molecule has 1 fully saturated rings. The van der Waals surface area contributed by atoms with E-state index in [9.17, 15) is 4.79 Å². The molecule has 1 aliphatic rings. The summed E-state index contributed by atoms with van der Waals surface area (Å²) in [5, 5.41) is 0. The van der Waals surface area contributed by atoms with Crippen molar-refractivity contribution < 1.29 is 4.79 Å². The van der Waals surface area contributed by atoms with E-state index < -0.39 is 0 Å². The lowest BCUT2D eigenvalue weighted by atomic mass is 10.1. The van der Waals surface area contributed by atoms with Crippen LogP contribution in [0.3, 0.4) is 0 Å². The second-order valence-corrected chi connectivity index (χ2v) is 6.68. The number of rotatable bonds is 3. The molecule has 1 aliphatic heterocycles. The number of nitrogens with zero attached hydrogens (tertiary/aromatic N) is 4.